The molecule has 20 heteroatoms. The third-order valence-electron chi connectivity index (χ3n) is 11.5. The van der Waals surface area contributed by atoms with Crippen LogP contribution in [0.3, 0.4) is 0 Å². The van der Waals surface area contributed by atoms with Crippen molar-refractivity contribution in [1.29, 1.82) is 0 Å². The summed E-state index contributed by atoms with van der Waals surface area (Å²) >= 11 is 23.9. The molecule has 0 radical (unpaired) electrons. The van der Waals surface area contributed by atoms with Gasteiger partial charge in [0.05, 0.1) is 22.4 Å². The lowest BCUT2D eigenvalue weighted by Crippen LogP contribution is -2.39. The van der Waals surface area contributed by atoms with Crippen molar-refractivity contribution in [3.63, 3.8) is 0 Å². The Balaban J connectivity index is 0.000000227. The highest BCUT2D eigenvalue weighted by atomic mass is 35.5. The van der Waals surface area contributed by atoms with Gasteiger partial charge in [-0.05, 0) is 115 Å². The number of nitrogens with two attached hydrogens (primary N) is 2. The van der Waals surface area contributed by atoms with E-state index in [2.05, 4.69) is 31.3 Å². The predicted octanol–water partition coefficient (Wildman–Crippen LogP) is 10.2. The van der Waals surface area contributed by atoms with Crippen molar-refractivity contribution < 1.29 is 38.1 Å². The Hall–Kier alpha value is -6.98. The number of carbonyl (C=O) groups is 4. The molecule has 0 spiro atoms. The van der Waals surface area contributed by atoms with Crippen LogP contribution in [0.4, 0.5) is 0 Å². The molecule has 424 valence electrons. The molecule has 0 aromatic heterocycles. The highest BCUT2D eigenvalue weighted by Crippen LogP contribution is 2.31. The van der Waals surface area contributed by atoms with Gasteiger partial charge in [0.25, 0.3) is 23.6 Å². The maximum Gasteiger partial charge on any atom is 0.289 e. The number of nitrogens with one attached hydrogen (secondary N) is 4. The van der Waals surface area contributed by atoms with Crippen LogP contribution in [-0.4, -0.2) is 88.4 Å². The number of alkyl halides is 4. The second-order valence-electron chi connectivity index (χ2n) is 18.9. The minimum Gasteiger partial charge on any atom is -0.465 e. The number of amides is 4. The fraction of sp³-hybridized carbons (Fsp3) is 0.356. The zero-order chi connectivity index (χ0) is 57.1. The minimum absolute atomic E-state index is 0. The smallest absolute Gasteiger partial charge is 0.289 e. The first-order valence-electron chi connectivity index (χ1n) is 25.1. The van der Waals surface area contributed by atoms with Gasteiger partial charge in [-0.2, -0.15) is 0 Å². The number of ether oxygens (including phenoxy) is 4. The first-order valence-corrected chi connectivity index (χ1v) is 26.8. The number of nitrogens with zero attached hydrogens (tertiary/aromatic N) is 2. The molecule has 0 saturated carbocycles. The maximum absolute atomic E-state index is 11.9. The first kappa shape index (κ1) is 64.5. The molecule has 4 aliphatic heterocycles. The van der Waals surface area contributed by atoms with E-state index in [9.17, 15) is 19.2 Å². The summed E-state index contributed by atoms with van der Waals surface area (Å²) in [5.41, 5.74) is 19.3. The molecule has 8 N–H and O–H groups in total. The van der Waals surface area contributed by atoms with Crippen molar-refractivity contribution in [3.8, 4) is 0 Å². The van der Waals surface area contributed by atoms with E-state index >= 15 is 0 Å². The van der Waals surface area contributed by atoms with Gasteiger partial charge in [0.15, 0.2) is 46.1 Å². The van der Waals surface area contributed by atoms with E-state index in [1.807, 2.05) is 125 Å². The van der Waals surface area contributed by atoms with Crippen LogP contribution in [0, 0.1) is 27.7 Å². The van der Waals surface area contributed by atoms with Crippen molar-refractivity contribution in [2.24, 2.45) is 21.5 Å². The van der Waals surface area contributed by atoms with Crippen LogP contribution < -0.4 is 32.7 Å². The summed E-state index contributed by atoms with van der Waals surface area (Å²) in [5, 5.41) is 10.2. The lowest BCUT2D eigenvalue weighted by molar-refractivity contribution is -0.117. The molecule has 79 heavy (non-hydrogen) atoms. The number of rotatable bonds is 14. The maximum atomic E-state index is 11.9. The van der Waals surface area contributed by atoms with Crippen molar-refractivity contribution in [3.05, 3.63) is 165 Å². The second kappa shape index (κ2) is 31.0. The van der Waals surface area contributed by atoms with Crippen LogP contribution in [0.2, 0.25) is 0 Å². The monoisotopic (exact) mass is 1160 g/mol. The summed E-state index contributed by atoms with van der Waals surface area (Å²) in [6.45, 7) is 16.0. The molecule has 8 rings (SSSR count). The third-order valence-corrected chi connectivity index (χ3v) is 12.5. The number of aryl methyl sites for hydroxylation is 4. The number of hydrogen-bond donors (Lipinski definition) is 6. The molecular formula is C59H72Cl4N8O8. The summed E-state index contributed by atoms with van der Waals surface area (Å²) in [5.74, 6) is 1.31. The summed E-state index contributed by atoms with van der Waals surface area (Å²) in [4.78, 5) is 55.2. The highest BCUT2D eigenvalue weighted by Gasteiger charge is 2.40. The van der Waals surface area contributed by atoms with Crippen LogP contribution in [0.1, 0.15) is 98.9 Å². The van der Waals surface area contributed by atoms with E-state index in [4.69, 9.17) is 76.8 Å². The van der Waals surface area contributed by atoms with Crippen LogP contribution in [-0.2, 0) is 38.1 Å². The molecule has 4 heterocycles. The third kappa shape index (κ3) is 22.0. The van der Waals surface area contributed by atoms with Crippen LogP contribution in [0.15, 0.2) is 130 Å². The van der Waals surface area contributed by atoms with Crippen LogP contribution >= 0.6 is 46.4 Å². The van der Waals surface area contributed by atoms with E-state index in [1.165, 1.54) is 11.1 Å². The first-order chi connectivity index (χ1) is 36.9. The van der Waals surface area contributed by atoms with E-state index in [1.54, 1.807) is 52.0 Å². The van der Waals surface area contributed by atoms with E-state index in [0.29, 0.717) is 49.1 Å². The molecule has 6 unspecified atom stereocenters. The van der Waals surface area contributed by atoms with Gasteiger partial charge in [-0.25, -0.2) is 0 Å². The normalized spacial score (nSPS) is 21.5. The van der Waals surface area contributed by atoms with Crippen molar-refractivity contribution >= 4 is 106 Å². The number of carbonyl (C=O) groups excluding carboxylic acids is 4. The molecule has 4 saturated heterocycles. The van der Waals surface area contributed by atoms with E-state index in [0.717, 1.165) is 39.8 Å². The summed E-state index contributed by atoms with van der Waals surface area (Å²) in [7, 11) is 0. The molecule has 0 aliphatic carbocycles. The Morgan fingerprint density at radius 3 is 1.27 bits per heavy atom. The van der Waals surface area contributed by atoms with Gasteiger partial charge in [-0.15, -0.1) is 23.2 Å². The van der Waals surface area contributed by atoms with Crippen molar-refractivity contribution in [1.82, 2.24) is 21.3 Å². The summed E-state index contributed by atoms with van der Waals surface area (Å²) < 4.78 is 20.9. The number of aliphatic imine (C=N–C) groups is 2. The summed E-state index contributed by atoms with van der Waals surface area (Å²) in [6.07, 6.45) is 6.96. The topological polar surface area (TPSA) is 230 Å². The lowest BCUT2D eigenvalue weighted by atomic mass is 10.1. The lowest BCUT2D eigenvalue weighted by Gasteiger charge is -2.19. The Bertz CT molecular complexity index is 2870. The average molecular weight is 1160 g/mol. The molecule has 4 fully saturated rings. The zero-order valence-electron chi connectivity index (χ0n) is 44.9. The fourth-order valence-corrected chi connectivity index (χ4v) is 7.65. The van der Waals surface area contributed by atoms with Gasteiger partial charge < -0.3 is 51.7 Å². The number of hydrogen-bond acceptors (Lipinski definition) is 10. The van der Waals surface area contributed by atoms with E-state index < -0.39 is 23.0 Å². The van der Waals surface area contributed by atoms with Gasteiger partial charge in [-0.3, -0.25) is 29.2 Å². The zero-order valence-corrected chi connectivity index (χ0v) is 47.9. The van der Waals surface area contributed by atoms with Gasteiger partial charge >= 0.3 is 0 Å². The molecule has 4 amide bonds. The summed E-state index contributed by atoms with van der Waals surface area (Å²) in [6, 6.07) is 31.4. The molecule has 4 aromatic rings. The molecule has 6 atom stereocenters. The molecule has 4 aliphatic rings. The Labute approximate surface area is 484 Å². The largest absolute Gasteiger partial charge is 0.465 e. The van der Waals surface area contributed by atoms with Gasteiger partial charge in [-0.1, -0.05) is 150 Å². The second-order valence-corrected chi connectivity index (χ2v) is 21.9. The van der Waals surface area contributed by atoms with Crippen LogP contribution in [0.25, 0.3) is 24.3 Å². The Morgan fingerprint density at radius 2 is 0.899 bits per heavy atom. The van der Waals surface area contributed by atoms with Gasteiger partial charge in [0, 0.05) is 19.5 Å². The van der Waals surface area contributed by atoms with Gasteiger partial charge in [0.2, 0.25) is 6.23 Å². The standard InChI is InChI=1S/C16H20ClN3O2.C16H21N3O2.C13H13Cl2NO2.C13H14ClNO2.CH4/c1-10-3-5-12(6-4-10)9-14-15(21)20-16(22-14)13(17)7-8-19-11(2)18;1-11-5-7-13(8-6-11)10-14-16(20)19-15(21-14)4-3-9-18-12(2)17;1-8-3-5-9(6-4-8)7-10-11(17)16-12(18-10)13(2,14)15;1-8-3-5-10(6-4-8)7-11-12(16)15-13(17-11)9(2)14;/h3-6,9,13,16H,7-8H2,1-2H3,(H2,18,19)(H,20,21);5-8,10,15H,3-4,9H2,1-2H3,(H2,17,18)(H,19,20);3-7,12H,1-2H3,(H,16,17);3-7,9,13H,1-2H3,(H,15,16);1H4/b14-9-;14-10-;10-7-;11-7-;. The Morgan fingerprint density at radius 1 is 0.557 bits per heavy atom. The predicted molar refractivity (Wildman–Crippen MR) is 319 cm³/mol. The van der Waals surface area contributed by atoms with Crippen molar-refractivity contribution in [2.75, 3.05) is 13.1 Å². The van der Waals surface area contributed by atoms with Crippen LogP contribution in [0.5, 0.6) is 0 Å². The van der Waals surface area contributed by atoms with E-state index in [-0.39, 0.29) is 59.6 Å². The Kier molecular flexibility index (Phi) is 25.3. The van der Waals surface area contributed by atoms with Gasteiger partial charge in [0.1, 0.15) is 0 Å². The van der Waals surface area contributed by atoms with Crippen molar-refractivity contribution in [2.45, 2.75) is 122 Å². The average Bonchev–Trinajstić information content (AvgIpc) is 4.17. The molecular weight excluding hydrogens is 1090 g/mol. The SMILES string of the molecule is C.CC(N)=NCCC(Cl)C1NC(=O)/C(=C/c2ccc(C)cc2)O1.CC(N)=NCCCC1NC(=O)/C(=C/c2ccc(C)cc2)O1.Cc1ccc(/C=C2\OC(C(C)(Cl)Cl)NC2=O)cc1.Cc1ccc(/C=C2\OC(C(C)Cl)NC2=O)cc1. The minimum atomic E-state index is -1.17. The quantitative estimate of drug-likeness (QED) is 0.0230. The molecule has 16 nitrogen and oxygen atoms in total. The number of halogens is 4. The highest BCUT2D eigenvalue weighted by molar-refractivity contribution is 6.48. The number of benzene rings is 4. The molecule has 0 bridgehead atoms. The fourth-order valence-electron chi connectivity index (χ4n) is 7.13. The molecule has 4 aromatic carbocycles. The number of amidine groups is 2.